The summed E-state index contributed by atoms with van der Waals surface area (Å²) >= 11 is 0. The predicted octanol–water partition coefficient (Wildman–Crippen LogP) is 3.23. The number of ether oxygens (including phenoxy) is 1. The number of nitrogens with one attached hydrogen (secondary N) is 1. The van der Waals surface area contributed by atoms with Gasteiger partial charge in [-0.3, -0.25) is 0 Å². The predicted molar refractivity (Wildman–Crippen MR) is 101 cm³/mol. The molecule has 6 heteroatoms. The largest absolute Gasteiger partial charge is 0.474 e. The SMILES string of the molecule is CCCCNC(N)=NCc1cccnc1OC1CCCC1.I. The zero-order chi connectivity index (χ0) is 14.9. The molecule has 1 aromatic heterocycles. The summed E-state index contributed by atoms with van der Waals surface area (Å²) in [5, 5.41) is 3.11. The maximum absolute atomic E-state index is 6.00. The second-order valence-corrected chi connectivity index (χ2v) is 5.47. The van der Waals surface area contributed by atoms with Crippen molar-refractivity contribution in [2.75, 3.05) is 6.54 Å². The van der Waals surface area contributed by atoms with Crippen LogP contribution in [-0.4, -0.2) is 23.6 Å². The van der Waals surface area contributed by atoms with Crippen LogP contribution < -0.4 is 15.8 Å². The highest BCUT2D eigenvalue weighted by molar-refractivity contribution is 14.0. The topological polar surface area (TPSA) is 72.5 Å². The zero-order valence-corrected chi connectivity index (χ0v) is 15.6. The van der Waals surface area contributed by atoms with Crippen LogP contribution in [0.15, 0.2) is 23.3 Å². The van der Waals surface area contributed by atoms with E-state index >= 15 is 0 Å². The molecule has 124 valence electrons. The Morgan fingerprint density at radius 2 is 2.23 bits per heavy atom. The van der Waals surface area contributed by atoms with Gasteiger partial charge in [0.05, 0.1) is 6.54 Å². The highest BCUT2D eigenvalue weighted by atomic mass is 127. The Morgan fingerprint density at radius 3 is 2.95 bits per heavy atom. The van der Waals surface area contributed by atoms with Crippen LogP contribution in [-0.2, 0) is 6.54 Å². The summed E-state index contributed by atoms with van der Waals surface area (Å²) < 4.78 is 6.00. The zero-order valence-electron chi connectivity index (χ0n) is 13.3. The fourth-order valence-electron chi connectivity index (χ4n) is 2.43. The molecule has 1 aliphatic rings. The summed E-state index contributed by atoms with van der Waals surface area (Å²) in [6.07, 6.45) is 9.06. The molecule has 3 N–H and O–H groups in total. The van der Waals surface area contributed by atoms with Gasteiger partial charge < -0.3 is 15.8 Å². The Hall–Kier alpha value is -1.05. The van der Waals surface area contributed by atoms with Crippen molar-refractivity contribution in [2.45, 2.75) is 58.1 Å². The number of hydrogen-bond donors (Lipinski definition) is 2. The van der Waals surface area contributed by atoms with Gasteiger partial charge in [-0.05, 0) is 38.2 Å². The van der Waals surface area contributed by atoms with Crippen molar-refractivity contribution < 1.29 is 4.74 Å². The van der Waals surface area contributed by atoms with Gasteiger partial charge in [0.15, 0.2) is 5.96 Å². The van der Waals surface area contributed by atoms with Crippen molar-refractivity contribution in [1.29, 1.82) is 0 Å². The Labute approximate surface area is 150 Å². The molecular weight excluding hydrogens is 391 g/mol. The smallest absolute Gasteiger partial charge is 0.218 e. The lowest BCUT2D eigenvalue weighted by Gasteiger charge is -2.14. The van der Waals surface area contributed by atoms with Crippen LogP contribution in [0.2, 0.25) is 0 Å². The van der Waals surface area contributed by atoms with Crippen molar-refractivity contribution in [3.8, 4) is 5.88 Å². The van der Waals surface area contributed by atoms with E-state index in [-0.39, 0.29) is 24.0 Å². The molecule has 0 saturated heterocycles. The molecule has 2 rings (SSSR count). The van der Waals surface area contributed by atoms with Gasteiger partial charge in [0.2, 0.25) is 5.88 Å². The number of nitrogens with zero attached hydrogens (tertiary/aromatic N) is 2. The van der Waals surface area contributed by atoms with E-state index in [0.29, 0.717) is 24.5 Å². The van der Waals surface area contributed by atoms with E-state index in [1.807, 2.05) is 12.1 Å². The van der Waals surface area contributed by atoms with Crippen molar-refractivity contribution in [3.63, 3.8) is 0 Å². The first kappa shape index (κ1) is 19.0. The van der Waals surface area contributed by atoms with Gasteiger partial charge >= 0.3 is 0 Å². The number of hydrogen-bond acceptors (Lipinski definition) is 3. The van der Waals surface area contributed by atoms with Gasteiger partial charge in [0.1, 0.15) is 6.10 Å². The molecule has 0 amide bonds. The number of guanidine groups is 1. The Morgan fingerprint density at radius 1 is 1.45 bits per heavy atom. The highest BCUT2D eigenvalue weighted by Gasteiger charge is 2.18. The summed E-state index contributed by atoms with van der Waals surface area (Å²) in [5.74, 6) is 1.19. The summed E-state index contributed by atoms with van der Waals surface area (Å²) in [6, 6.07) is 3.91. The lowest BCUT2D eigenvalue weighted by Crippen LogP contribution is -2.32. The lowest BCUT2D eigenvalue weighted by molar-refractivity contribution is 0.199. The van der Waals surface area contributed by atoms with Gasteiger partial charge in [-0.2, -0.15) is 0 Å². The molecule has 0 radical (unpaired) electrons. The number of halogens is 1. The maximum Gasteiger partial charge on any atom is 0.218 e. The molecule has 1 aromatic rings. The Kier molecular flexibility index (Phi) is 9.19. The molecule has 22 heavy (non-hydrogen) atoms. The minimum atomic E-state index is 0. The molecule has 5 nitrogen and oxygen atoms in total. The van der Waals surface area contributed by atoms with E-state index in [2.05, 4.69) is 22.2 Å². The van der Waals surface area contributed by atoms with Crippen LogP contribution in [0.25, 0.3) is 0 Å². The maximum atomic E-state index is 6.00. The van der Waals surface area contributed by atoms with Crippen LogP contribution in [0.5, 0.6) is 5.88 Å². The van der Waals surface area contributed by atoms with E-state index < -0.39 is 0 Å². The second kappa shape index (κ2) is 10.6. The van der Waals surface area contributed by atoms with Crippen LogP contribution >= 0.6 is 24.0 Å². The van der Waals surface area contributed by atoms with Crippen LogP contribution in [0.3, 0.4) is 0 Å². The molecular formula is C16H27IN4O. The van der Waals surface area contributed by atoms with Crippen LogP contribution in [0.4, 0.5) is 0 Å². The van der Waals surface area contributed by atoms with Crippen molar-refractivity contribution in [3.05, 3.63) is 23.9 Å². The van der Waals surface area contributed by atoms with E-state index in [9.17, 15) is 0 Å². The molecule has 1 aliphatic carbocycles. The summed E-state index contributed by atoms with van der Waals surface area (Å²) in [7, 11) is 0. The van der Waals surface area contributed by atoms with Gasteiger partial charge in [-0.15, -0.1) is 24.0 Å². The lowest BCUT2D eigenvalue weighted by atomic mass is 10.2. The number of unbranched alkanes of at least 4 members (excludes halogenated alkanes) is 1. The molecule has 0 aromatic carbocycles. The highest BCUT2D eigenvalue weighted by Crippen LogP contribution is 2.25. The van der Waals surface area contributed by atoms with Gasteiger partial charge in [-0.25, -0.2) is 9.98 Å². The van der Waals surface area contributed by atoms with Gasteiger partial charge in [-0.1, -0.05) is 19.4 Å². The first-order chi connectivity index (χ1) is 10.3. The van der Waals surface area contributed by atoms with Crippen LogP contribution in [0.1, 0.15) is 51.0 Å². The number of aromatic nitrogens is 1. The molecule has 0 bridgehead atoms. The number of pyridine rings is 1. The summed E-state index contributed by atoms with van der Waals surface area (Å²) in [6.45, 7) is 3.52. The summed E-state index contributed by atoms with van der Waals surface area (Å²) in [4.78, 5) is 8.71. The standard InChI is InChI=1S/C16H26N4O.HI/c1-2-3-10-19-16(17)20-12-13-7-6-11-18-15(13)21-14-8-4-5-9-14;/h6-7,11,14H,2-5,8-10,12H2,1H3,(H3,17,19,20);1H. The average molecular weight is 418 g/mol. The van der Waals surface area contributed by atoms with Crippen molar-refractivity contribution in [1.82, 2.24) is 10.3 Å². The molecule has 0 aliphatic heterocycles. The monoisotopic (exact) mass is 418 g/mol. The number of nitrogens with two attached hydrogens (primary N) is 1. The first-order valence-corrected chi connectivity index (χ1v) is 7.94. The fourth-order valence-corrected chi connectivity index (χ4v) is 2.43. The molecule has 0 atom stereocenters. The second-order valence-electron chi connectivity index (χ2n) is 5.47. The number of aliphatic imine (C=N–C) groups is 1. The van der Waals surface area contributed by atoms with E-state index in [1.165, 1.54) is 12.8 Å². The van der Waals surface area contributed by atoms with Crippen molar-refractivity contribution >= 4 is 29.9 Å². The minimum absolute atomic E-state index is 0. The Bertz CT molecular complexity index is 461. The first-order valence-electron chi connectivity index (χ1n) is 7.94. The normalized spacial score (nSPS) is 15.4. The molecule has 0 spiro atoms. The van der Waals surface area contributed by atoms with E-state index in [0.717, 1.165) is 37.8 Å². The molecule has 1 heterocycles. The van der Waals surface area contributed by atoms with Gasteiger partial charge in [0, 0.05) is 18.3 Å². The van der Waals surface area contributed by atoms with E-state index in [1.54, 1.807) is 6.20 Å². The molecule has 1 fully saturated rings. The third-order valence-corrected chi connectivity index (χ3v) is 3.69. The fraction of sp³-hybridized carbons (Fsp3) is 0.625. The quantitative estimate of drug-likeness (QED) is 0.309. The van der Waals surface area contributed by atoms with Crippen molar-refractivity contribution in [2.24, 2.45) is 10.7 Å². The van der Waals surface area contributed by atoms with Gasteiger partial charge in [0.25, 0.3) is 0 Å². The minimum Gasteiger partial charge on any atom is -0.474 e. The molecule has 0 unspecified atom stereocenters. The third-order valence-electron chi connectivity index (χ3n) is 3.69. The Balaban J connectivity index is 0.00000242. The third kappa shape index (κ3) is 6.37. The van der Waals surface area contributed by atoms with E-state index in [4.69, 9.17) is 10.5 Å². The summed E-state index contributed by atoms with van der Waals surface area (Å²) in [5.41, 5.74) is 6.84. The molecule has 1 saturated carbocycles. The van der Waals surface area contributed by atoms with Crippen LogP contribution in [0, 0.1) is 0 Å². The number of rotatable bonds is 7. The average Bonchev–Trinajstić information content (AvgIpc) is 3.00.